The second kappa shape index (κ2) is 6.82. The van der Waals surface area contributed by atoms with Crippen molar-refractivity contribution in [3.63, 3.8) is 0 Å². The van der Waals surface area contributed by atoms with Gasteiger partial charge in [0.05, 0.1) is 17.2 Å². The maximum absolute atomic E-state index is 13.6. The Labute approximate surface area is 177 Å². The van der Waals surface area contributed by atoms with Gasteiger partial charge in [-0.3, -0.25) is 14.5 Å². The van der Waals surface area contributed by atoms with Gasteiger partial charge in [-0.2, -0.15) is 13.2 Å². The Morgan fingerprint density at radius 1 is 1.13 bits per heavy atom. The van der Waals surface area contributed by atoms with E-state index in [2.05, 4.69) is 10.2 Å². The van der Waals surface area contributed by atoms with E-state index in [1.807, 2.05) is 24.3 Å². The molecule has 5 rings (SSSR count). The Kier molecular flexibility index (Phi) is 4.41. The van der Waals surface area contributed by atoms with Crippen molar-refractivity contribution >= 4 is 23.2 Å². The number of carbonyl (C=O) groups excluding carboxylic acids is 2. The first-order valence-electron chi connectivity index (χ1n) is 10.4. The number of fused-ring (bicyclic) bond motifs is 4. The van der Waals surface area contributed by atoms with Crippen molar-refractivity contribution in [3.8, 4) is 0 Å². The van der Waals surface area contributed by atoms with Crippen molar-refractivity contribution in [1.82, 2.24) is 4.90 Å². The number of nitrogens with zero attached hydrogens (tertiary/aromatic N) is 2. The Morgan fingerprint density at radius 3 is 2.61 bits per heavy atom. The van der Waals surface area contributed by atoms with Crippen molar-refractivity contribution in [2.45, 2.75) is 37.0 Å². The van der Waals surface area contributed by atoms with Crippen LogP contribution in [0.5, 0.6) is 0 Å². The zero-order valence-electron chi connectivity index (χ0n) is 16.9. The molecule has 0 aromatic heterocycles. The topological polar surface area (TPSA) is 52.7 Å². The van der Waals surface area contributed by atoms with E-state index in [0.29, 0.717) is 13.0 Å². The predicted molar refractivity (Wildman–Crippen MR) is 109 cm³/mol. The van der Waals surface area contributed by atoms with Crippen LogP contribution in [-0.4, -0.2) is 36.3 Å². The van der Waals surface area contributed by atoms with Crippen molar-refractivity contribution in [1.29, 1.82) is 0 Å². The van der Waals surface area contributed by atoms with Gasteiger partial charge in [0.25, 0.3) is 5.91 Å². The zero-order valence-corrected chi connectivity index (χ0v) is 16.9. The molecular formula is C23H22F3N3O2. The van der Waals surface area contributed by atoms with Gasteiger partial charge in [0.2, 0.25) is 5.91 Å². The third kappa shape index (κ3) is 2.74. The molecule has 3 aliphatic heterocycles. The Bertz CT molecular complexity index is 1070. The quantitative estimate of drug-likeness (QED) is 0.785. The predicted octanol–water partition coefficient (Wildman–Crippen LogP) is 4.00. The molecule has 5 nitrogen and oxygen atoms in total. The van der Waals surface area contributed by atoms with Crippen LogP contribution in [0.3, 0.4) is 0 Å². The van der Waals surface area contributed by atoms with Crippen LogP contribution >= 0.6 is 0 Å². The lowest BCUT2D eigenvalue weighted by Crippen LogP contribution is -2.55. The van der Waals surface area contributed by atoms with Gasteiger partial charge >= 0.3 is 6.18 Å². The summed E-state index contributed by atoms with van der Waals surface area (Å²) >= 11 is 0. The largest absolute Gasteiger partial charge is 0.418 e. The highest BCUT2D eigenvalue weighted by Crippen LogP contribution is 2.56. The number of likely N-dealkylation sites (N-methyl/N-ethyl adjacent to an activating group) is 1. The Balaban J connectivity index is 1.59. The molecule has 8 heteroatoms. The van der Waals surface area contributed by atoms with Crippen LogP contribution in [0.25, 0.3) is 0 Å². The molecule has 3 aliphatic rings. The number of rotatable bonds is 2. The van der Waals surface area contributed by atoms with Gasteiger partial charge in [-0.05, 0) is 44.0 Å². The summed E-state index contributed by atoms with van der Waals surface area (Å²) in [7, 11) is 1.69. The SMILES string of the molecule is CN1C(=O)C2(c3ccccc31)C(C(=O)Nc1ccccc1C(F)(F)F)CC1CCCN12. The Hall–Kier alpha value is -2.87. The van der Waals surface area contributed by atoms with Crippen molar-refractivity contribution in [2.24, 2.45) is 5.92 Å². The van der Waals surface area contributed by atoms with E-state index in [0.717, 1.165) is 30.2 Å². The monoisotopic (exact) mass is 429 g/mol. The van der Waals surface area contributed by atoms with Gasteiger partial charge in [-0.25, -0.2) is 0 Å². The fraction of sp³-hybridized carbons (Fsp3) is 0.391. The summed E-state index contributed by atoms with van der Waals surface area (Å²) < 4.78 is 40.3. The van der Waals surface area contributed by atoms with E-state index >= 15 is 0 Å². The van der Waals surface area contributed by atoms with Crippen LogP contribution in [0.4, 0.5) is 24.5 Å². The van der Waals surface area contributed by atoms with Crippen LogP contribution in [0, 0.1) is 5.92 Å². The number of halogens is 3. The maximum Gasteiger partial charge on any atom is 0.418 e. The standard InChI is InChI=1S/C23H22F3N3O2/c1-28-19-11-5-3-9-16(19)22(21(28)31)17(13-14-7-6-12-29(14)22)20(30)27-18-10-4-2-8-15(18)23(24,25)26/h2-5,8-11,14,17H,6-7,12-13H2,1H3,(H,27,30). The van der Waals surface area contributed by atoms with E-state index in [1.54, 1.807) is 11.9 Å². The van der Waals surface area contributed by atoms with Crippen LogP contribution < -0.4 is 10.2 Å². The van der Waals surface area contributed by atoms with Gasteiger partial charge in [-0.1, -0.05) is 30.3 Å². The summed E-state index contributed by atoms with van der Waals surface area (Å²) in [6, 6.07) is 12.4. The smallest absolute Gasteiger partial charge is 0.325 e. The van der Waals surface area contributed by atoms with E-state index in [4.69, 9.17) is 0 Å². The summed E-state index contributed by atoms with van der Waals surface area (Å²) in [5.74, 6) is -1.52. The number of carbonyl (C=O) groups is 2. The number of hydrogen-bond donors (Lipinski definition) is 1. The number of nitrogens with one attached hydrogen (secondary N) is 1. The molecule has 3 unspecified atom stereocenters. The Morgan fingerprint density at radius 2 is 1.84 bits per heavy atom. The number of alkyl halides is 3. The minimum absolute atomic E-state index is 0.0529. The van der Waals surface area contributed by atoms with Crippen LogP contribution in [0.1, 0.15) is 30.4 Å². The zero-order chi connectivity index (χ0) is 22.0. The van der Waals surface area contributed by atoms with Gasteiger partial charge in [0.1, 0.15) is 5.54 Å². The number of hydrogen-bond acceptors (Lipinski definition) is 3. The summed E-state index contributed by atoms with van der Waals surface area (Å²) in [4.78, 5) is 30.8. The molecule has 3 atom stereocenters. The lowest BCUT2D eigenvalue weighted by molar-refractivity contribution is -0.138. The first-order valence-corrected chi connectivity index (χ1v) is 10.4. The molecule has 2 amide bonds. The number of benzene rings is 2. The molecule has 0 radical (unpaired) electrons. The number of anilines is 2. The molecule has 2 aromatic carbocycles. The van der Waals surface area contributed by atoms with Crippen molar-refractivity contribution < 1.29 is 22.8 Å². The van der Waals surface area contributed by atoms with E-state index < -0.39 is 29.1 Å². The average Bonchev–Trinajstić information content (AvgIpc) is 3.38. The molecule has 2 fully saturated rings. The molecule has 0 bridgehead atoms. The molecule has 162 valence electrons. The highest BCUT2D eigenvalue weighted by molar-refractivity contribution is 6.11. The van der Waals surface area contributed by atoms with E-state index in [9.17, 15) is 22.8 Å². The molecule has 31 heavy (non-hydrogen) atoms. The lowest BCUT2D eigenvalue weighted by atomic mass is 9.78. The molecule has 0 saturated carbocycles. The number of amides is 2. The van der Waals surface area contributed by atoms with Gasteiger partial charge in [-0.15, -0.1) is 0 Å². The molecule has 1 spiro atoms. The van der Waals surface area contributed by atoms with E-state index in [-0.39, 0.29) is 17.6 Å². The third-order valence-corrected chi connectivity index (χ3v) is 6.96. The fourth-order valence-electron chi connectivity index (χ4n) is 5.73. The fourth-order valence-corrected chi connectivity index (χ4v) is 5.73. The first-order chi connectivity index (χ1) is 14.8. The highest BCUT2D eigenvalue weighted by atomic mass is 19.4. The summed E-state index contributed by atoms with van der Waals surface area (Å²) in [6.45, 7) is 0.682. The molecule has 3 heterocycles. The molecular weight excluding hydrogens is 407 g/mol. The van der Waals surface area contributed by atoms with Gasteiger partial charge < -0.3 is 10.2 Å². The second-order valence-corrected chi connectivity index (χ2v) is 8.46. The van der Waals surface area contributed by atoms with Crippen LogP contribution in [0.15, 0.2) is 48.5 Å². The molecule has 0 aliphatic carbocycles. The van der Waals surface area contributed by atoms with Crippen molar-refractivity contribution in [3.05, 3.63) is 59.7 Å². The highest BCUT2D eigenvalue weighted by Gasteiger charge is 2.66. The second-order valence-electron chi connectivity index (χ2n) is 8.46. The maximum atomic E-state index is 13.6. The number of para-hydroxylation sites is 2. The van der Waals surface area contributed by atoms with Gasteiger partial charge in [0.15, 0.2) is 0 Å². The van der Waals surface area contributed by atoms with Gasteiger partial charge in [0, 0.05) is 24.3 Å². The summed E-state index contributed by atoms with van der Waals surface area (Å²) in [6.07, 6.45) is -2.36. The minimum Gasteiger partial charge on any atom is -0.325 e. The van der Waals surface area contributed by atoms with Crippen LogP contribution in [0.2, 0.25) is 0 Å². The lowest BCUT2D eigenvalue weighted by Gasteiger charge is -2.37. The molecule has 2 saturated heterocycles. The minimum atomic E-state index is -4.59. The third-order valence-electron chi connectivity index (χ3n) is 6.96. The molecule has 2 aromatic rings. The average molecular weight is 429 g/mol. The van der Waals surface area contributed by atoms with E-state index in [1.165, 1.54) is 18.2 Å². The van der Waals surface area contributed by atoms with Crippen molar-refractivity contribution in [2.75, 3.05) is 23.8 Å². The van der Waals surface area contributed by atoms with Crippen LogP contribution in [-0.2, 0) is 21.3 Å². The summed E-state index contributed by atoms with van der Waals surface area (Å²) in [5.41, 5.74) is -0.853. The normalized spacial score (nSPS) is 27.6. The first kappa shape index (κ1) is 20.1. The molecule has 1 N–H and O–H groups in total. The summed E-state index contributed by atoms with van der Waals surface area (Å²) in [5, 5.41) is 2.51.